The Balaban J connectivity index is 1.88. The molecule has 0 spiro atoms. The van der Waals surface area contributed by atoms with Crippen LogP contribution in [0.2, 0.25) is 0 Å². The van der Waals surface area contributed by atoms with Gasteiger partial charge in [-0.3, -0.25) is 4.98 Å². The van der Waals surface area contributed by atoms with Crippen molar-refractivity contribution in [1.82, 2.24) is 4.98 Å². The molecule has 21 heavy (non-hydrogen) atoms. The molecule has 1 aromatic heterocycles. The Bertz CT molecular complexity index is 881. The Kier molecular flexibility index (Phi) is 2.11. The molecule has 0 atom stereocenters. The van der Waals surface area contributed by atoms with E-state index in [4.69, 9.17) is 9.47 Å². The van der Waals surface area contributed by atoms with Gasteiger partial charge in [0.25, 0.3) is 0 Å². The van der Waals surface area contributed by atoms with Gasteiger partial charge in [0.15, 0.2) is 11.5 Å². The van der Waals surface area contributed by atoms with E-state index >= 15 is 0 Å². The first-order valence-electron chi connectivity index (χ1n) is 7.19. The van der Waals surface area contributed by atoms with Gasteiger partial charge in [0.05, 0.1) is 0 Å². The van der Waals surface area contributed by atoms with Crippen LogP contribution in [0.1, 0.15) is 11.1 Å². The fourth-order valence-electron chi connectivity index (χ4n) is 3.46. The average molecular weight is 275 g/mol. The largest absolute Gasteiger partial charge is 0.486 e. The molecular formula is C18H13NO2. The summed E-state index contributed by atoms with van der Waals surface area (Å²) >= 11 is 0. The molecule has 0 saturated heterocycles. The van der Waals surface area contributed by atoms with E-state index in [0.717, 1.165) is 17.9 Å². The van der Waals surface area contributed by atoms with Gasteiger partial charge < -0.3 is 9.47 Å². The van der Waals surface area contributed by atoms with Crippen molar-refractivity contribution in [2.45, 2.75) is 6.42 Å². The number of benzene rings is 2. The third-order valence-corrected chi connectivity index (χ3v) is 4.34. The Morgan fingerprint density at radius 1 is 0.905 bits per heavy atom. The first-order valence-corrected chi connectivity index (χ1v) is 7.19. The van der Waals surface area contributed by atoms with E-state index in [1.54, 1.807) is 0 Å². The Morgan fingerprint density at radius 2 is 1.86 bits per heavy atom. The summed E-state index contributed by atoms with van der Waals surface area (Å²) in [4.78, 5) is 4.40. The maximum absolute atomic E-state index is 5.89. The second kappa shape index (κ2) is 3.98. The highest BCUT2D eigenvalue weighted by atomic mass is 16.6. The maximum Gasteiger partial charge on any atom is 0.165 e. The normalized spacial score (nSPS) is 14.9. The van der Waals surface area contributed by atoms with Crippen molar-refractivity contribution in [3.8, 4) is 22.6 Å². The molecule has 3 heteroatoms. The van der Waals surface area contributed by atoms with Crippen LogP contribution in [-0.2, 0) is 6.42 Å². The molecule has 2 heterocycles. The molecule has 0 radical (unpaired) electrons. The van der Waals surface area contributed by atoms with Gasteiger partial charge in [0.1, 0.15) is 13.2 Å². The number of rotatable bonds is 0. The number of hydrogen-bond acceptors (Lipinski definition) is 3. The van der Waals surface area contributed by atoms with Crippen LogP contribution < -0.4 is 9.47 Å². The first kappa shape index (κ1) is 11.1. The van der Waals surface area contributed by atoms with Crippen LogP contribution >= 0.6 is 0 Å². The number of pyridine rings is 1. The van der Waals surface area contributed by atoms with Gasteiger partial charge in [-0.1, -0.05) is 24.3 Å². The molecule has 0 saturated carbocycles. The van der Waals surface area contributed by atoms with Gasteiger partial charge in [-0.25, -0.2) is 0 Å². The molecular weight excluding hydrogens is 262 g/mol. The molecule has 2 aliphatic rings. The van der Waals surface area contributed by atoms with Gasteiger partial charge in [0, 0.05) is 35.3 Å². The molecule has 3 nitrogen and oxygen atoms in total. The lowest BCUT2D eigenvalue weighted by Crippen LogP contribution is -2.17. The van der Waals surface area contributed by atoms with Gasteiger partial charge in [0.2, 0.25) is 0 Å². The number of ether oxygens (including phenoxy) is 2. The Hall–Kier alpha value is -2.55. The van der Waals surface area contributed by atoms with Gasteiger partial charge in [-0.2, -0.15) is 0 Å². The molecule has 2 aromatic carbocycles. The highest BCUT2D eigenvalue weighted by Gasteiger charge is 2.25. The quantitative estimate of drug-likeness (QED) is 0.491. The zero-order valence-electron chi connectivity index (χ0n) is 11.4. The molecule has 0 N–H and O–H groups in total. The van der Waals surface area contributed by atoms with Gasteiger partial charge >= 0.3 is 0 Å². The van der Waals surface area contributed by atoms with Crippen LogP contribution in [-0.4, -0.2) is 18.2 Å². The number of fused-ring (bicyclic) bond motifs is 4. The summed E-state index contributed by atoms with van der Waals surface area (Å²) in [7, 11) is 0. The van der Waals surface area contributed by atoms with Crippen molar-refractivity contribution in [3.63, 3.8) is 0 Å². The maximum atomic E-state index is 5.89. The smallest absolute Gasteiger partial charge is 0.165 e. The van der Waals surface area contributed by atoms with E-state index in [1.807, 2.05) is 18.5 Å². The molecule has 1 aliphatic heterocycles. The van der Waals surface area contributed by atoms with E-state index in [-0.39, 0.29) is 0 Å². The summed E-state index contributed by atoms with van der Waals surface area (Å²) in [6.07, 6.45) is 4.78. The highest BCUT2D eigenvalue weighted by molar-refractivity contribution is 6.01. The Morgan fingerprint density at radius 3 is 2.86 bits per heavy atom. The lowest BCUT2D eigenvalue weighted by molar-refractivity contribution is 0.170. The minimum Gasteiger partial charge on any atom is -0.486 e. The van der Waals surface area contributed by atoms with Crippen LogP contribution in [0, 0.1) is 0 Å². The predicted octanol–water partition coefficient (Wildman–Crippen LogP) is 3.58. The van der Waals surface area contributed by atoms with Crippen molar-refractivity contribution in [2.75, 3.05) is 13.2 Å². The van der Waals surface area contributed by atoms with Crippen LogP contribution in [0.15, 0.2) is 42.7 Å². The summed E-state index contributed by atoms with van der Waals surface area (Å²) in [5.74, 6) is 1.77. The molecule has 102 valence electrons. The van der Waals surface area contributed by atoms with E-state index in [1.165, 1.54) is 33.0 Å². The number of aromatic nitrogens is 1. The molecule has 3 aromatic rings. The van der Waals surface area contributed by atoms with Crippen LogP contribution in [0.5, 0.6) is 11.5 Å². The fourth-order valence-corrected chi connectivity index (χ4v) is 3.46. The molecule has 0 amide bonds. The predicted molar refractivity (Wildman–Crippen MR) is 81.0 cm³/mol. The summed E-state index contributed by atoms with van der Waals surface area (Å²) in [5, 5.41) is 2.52. The van der Waals surface area contributed by atoms with Gasteiger partial charge in [-0.15, -0.1) is 0 Å². The third kappa shape index (κ3) is 1.46. The Labute approximate surface area is 122 Å². The minimum absolute atomic E-state index is 0.619. The summed E-state index contributed by atoms with van der Waals surface area (Å²) in [6, 6.07) is 10.6. The molecule has 1 aliphatic carbocycles. The van der Waals surface area contributed by atoms with E-state index < -0.39 is 0 Å². The van der Waals surface area contributed by atoms with Crippen molar-refractivity contribution >= 4 is 10.8 Å². The van der Waals surface area contributed by atoms with Crippen LogP contribution in [0.4, 0.5) is 0 Å². The monoisotopic (exact) mass is 275 g/mol. The molecule has 5 rings (SSSR count). The SMILES string of the molecule is c1cc2c3c(cncc3c1)-c1ccc3c(c1C2)OCCO3. The second-order valence-electron chi connectivity index (χ2n) is 5.49. The average Bonchev–Trinajstić information content (AvgIpc) is 2.55. The van der Waals surface area contributed by atoms with E-state index in [9.17, 15) is 0 Å². The molecule has 0 unspecified atom stereocenters. The van der Waals surface area contributed by atoms with Crippen LogP contribution in [0.3, 0.4) is 0 Å². The van der Waals surface area contributed by atoms with Crippen molar-refractivity contribution in [2.24, 2.45) is 0 Å². The zero-order chi connectivity index (χ0) is 13.8. The third-order valence-electron chi connectivity index (χ3n) is 4.34. The van der Waals surface area contributed by atoms with Crippen molar-refractivity contribution in [1.29, 1.82) is 0 Å². The van der Waals surface area contributed by atoms with E-state index in [0.29, 0.717) is 13.2 Å². The second-order valence-corrected chi connectivity index (χ2v) is 5.49. The minimum atomic E-state index is 0.619. The lowest BCUT2D eigenvalue weighted by Gasteiger charge is -2.26. The number of hydrogen-bond donors (Lipinski definition) is 0. The van der Waals surface area contributed by atoms with Gasteiger partial charge in [-0.05, 0) is 22.6 Å². The summed E-state index contributed by atoms with van der Waals surface area (Å²) < 4.78 is 11.6. The first-order chi connectivity index (χ1) is 10.4. The zero-order valence-corrected chi connectivity index (χ0v) is 11.4. The van der Waals surface area contributed by atoms with Crippen molar-refractivity contribution in [3.05, 3.63) is 53.9 Å². The van der Waals surface area contributed by atoms with E-state index in [2.05, 4.69) is 29.2 Å². The summed E-state index contributed by atoms with van der Waals surface area (Å²) in [6.45, 7) is 1.24. The van der Waals surface area contributed by atoms with Crippen molar-refractivity contribution < 1.29 is 9.47 Å². The highest BCUT2D eigenvalue weighted by Crippen LogP contribution is 2.46. The topological polar surface area (TPSA) is 31.4 Å². The number of nitrogens with zero attached hydrogens (tertiary/aromatic N) is 1. The molecule has 0 fully saturated rings. The lowest BCUT2D eigenvalue weighted by atomic mass is 9.84. The van der Waals surface area contributed by atoms with Crippen LogP contribution in [0.25, 0.3) is 21.9 Å². The standard InChI is InChI=1S/C18H13NO2/c1-2-11-8-14-13(4-5-16-18(14)21-7-6-20-16)15-10-19-9-12(3-1)17(11)15/h1-5,9-10H,6-8H2. The summed E-state index contributed by atoms with van der Waals surface area (Å²) in [5.41, 5.74) is 4.97. The fraction of sp³-hybridized carbons (Fsp3) is 0.167. The molecule has 0 bridgehead atoms.